The summed E-state index contributed by atoms with van der Waals surface area (Å²) in [7, 11) is 1.76. The molecule has 0 bridgehead atoms. The van der Waals surface area contributed by atoms with Crippen LogP contribution < -0.4 is 15.5 Å². The van der Waals surface area contributed by atoms with Gasteiger partial charge < -0.3 is 15.5 Å². The number of nitrogens with zero attached hydrogens (tertiary/aromatic N) is 3. The second-order valence-electron chi connectivity index (χ2n) is 6.52. The molecule has 0 atom stereocenters. The quantitative estimate of drug-likeness (QED) is 0.351. The first-order valence-corrected chi connectivity index (χ1v) is 10.3. The van der Waals surface area contributed by atoms with Gasteiger partial charge in [-0.1, -0.05) is 19.1 Å². The number of hydrogen-bond donors (Lipinski definition) is 2. The van der Waals surface area contributed by atoms with Crippen LogP contribution in [0.2, 0.25) is 0 Å². The summed E-state index contributed by atoms with van der Waals surface area (Å²) in [5.41, 5.74) is 2.13. The highest BCUT2D eigenvalue weighted by molar-refractivity contribution is 14.0. The minimum atomic E-state index is 0. The topological polar surface area (TPSA) is 69.6 Å². The van der Waals surface area contributed by atoms with E-state index < -0.39 is 0 Å². The van der Waals surface area contributed by atoms with Crippen LogP contribution in [0.25, 0.3) is 0 Å². The van der Waals surface area contributed by atoms with E-state index in [1.807, 2.05) is 23.2 Å². The van der Waals surface area contributed by atoms with Gasteiger partial charge in [-0.2, -0.15) is 0 Å². The molecule has 2 heterocycles. The second-order valence-corrected chi connectivity index (χ2v) is 7.72. The third kappa shape index (κ3) is 6.16. The number of aryl methyl sites for hydroxylation is 1. The van der Waals surface area contributed by atoms with Crippen LogP contribution in [0.3, 0.4) is 0 Å². The van der Waals surface area contributed by atoms with Gasteiger partial charge in [0.15, 0.2) is 5.96 Å². The molecule has 0 saturated carbocycles. The predicted octanol–water partition coefficient (Wildman–Crippen LogP) is 3.71. The van der Waals surface area contributed by atoms with Gasteiger partial charge >= 0.3 is 0 Å². The van der Waals surface area contributed by atoms with E-state index >= 15 is 0 Å². The Labute approximate surface area is 187 Å². The van der Waals surface area contributed by atoms with Crippen molar-refractivity contribution in [2.45, 2.75) is 45.7 Å². The van der Waals surface area contributed by atoms with E-state index in [0.29, 0.717) is 19.5 Å². The lowest BCUT2D eigenvalue weighted by Gasteiger charge is -2.26. The van der Waals surface area contributed by atoms with E-state index in [1.54, 1.807) is 18.4 Å². The molecule has 28 heavy (non-hydrogen) atoms. The lowest BCUT2D eigenvalue weighted by atomic mass is 10.1. The molecule has 2 aromatic rings. The van der Waals surface area contributed by atoms with Crippen molar-refractivity contribution in [3.8, 4) is 0 Å². The minimum Gasteiger partial charge on any atom is -0.352 e. The number of aromatic nitrogens is 1. The van der Waals surface area contributed by atoms with Gasteiger partial charge in [0.2, 0.25) is 5.91 Å². The average molecular weight is 513 g/mol. The molecule has 1 aromatic carbocycles. The van der Waals surface area contributed by atoms with Gasteiger partial charge in [0.05, 0.1) is 6.54 Å². The van der Waals surface area contributed by atoms with E-state index in [9.17, 15) is 4.79 Å². The van der Waals surface area contributed by atoms with Crippen LogP contribution in [0.1, 0.15) is 41.6 Å². The molecule has 1 fully saturated rings. The number of carbonyl (C=O) groups is 1. The number of nitrogens with one attached hydrogen (secondary N) is 2. The Bertz CT molecular complexity index is 790. The molecule has 1 amide bonds. The van der Waals surface area contributed by atoms with E-state index in [2.05, 4.69) is 39.7 Å². The summed E-state index contributed by atoms with van der Waals surface area (Å²) in [5, 5.41) is 7.68. The molecule has 8 heteroatoms. The highest BCUT2D eigenvalue weighted by Gasteiger charge is 2.19. The molecule has 0 unspecified atom stereocenters. The van der Waals surface area contributed by atoms with Crippen molar-refractivity contribution in [2.75, 3.05) is 18.5 Å². The van der Waals surface area contributed by atoms with E-state index in [-0.39, 0.29) is 29.9 Å². The first kappa shape index (κ1) is 22.6. The normalized spacial score (nSPS) is 14.6. The number of halogens is 1. The van der Waals surface area contributed by atoms with Crippen molar-refractivity contribution in [1.29, 1.82) is 0 Å². The highest BCUT2D eigenvalue weighted by Crippen LogP contribution is 2.21. The molecule has 0 aliphatic carbocycles. The van der Waals surface area contributed by atoms with E-state index in [1.165, 1.54) is 4.88 Å². The average Bonchev–Trinajstić information content (AvgIpc) is 3.17. The summed E-state index contributed by atoms with van der Waals surface area (Å²) in [6, 6.07) is 8.17. The molecule has 1 aliphatic rings. The Morgan fingerprint density at radius 3 is 2.61 bits per heavy atom. The molecular weight excluding hydrogens is 485 g/mol. The number of piperidine rings is 1. The number of hydrogen-bond acceptors (Lipinski definition) is 4. The lowest BCUT2D eigenvalue weighted by Crippen LogP contribution is -2.36. The van der Waals surface area contributed by atoms with E-state index in [0.717, 1.165) is 48.0 Å². The van der Waals surface area contributed by atoms with Gasteiger partial charge in [0.25, 0.3) is 0 Å². The molecule has 6 nitrogen and oxygen atoms in total. The van der Waals surface area contributed by atoms with E-state index in [4.69, 9.17) is 0 Å². The maximum absolute atomic E-state index is 12.0. The zero-order valence-corrected chi connectivity index (χ0v) is 19.5. The van der Waals surface area contributed by atoms with Gasteiger partial charge in [-0.25, -0.2) is 4.98 Å². The molecule has 1 saturated heterocycles. The first-order chi connectivity index (χ1) is 13.2. The van der Waals surface area contributed by atoms with Crippen molar-refractivity contribution >= 4 is 52.9 Å². The van der Waals surface area contributed by atoms with Crippen LogP contribution in [-0.4, -0.2) is 30.4 Å². The number of carbonyl (C=O) groups excluding carboxylic acids is 1. The summed E-state index contributed by atoms with van der Waals surface area (Å²) in [4.78, 5) is 23.9. The van der Waals surface area contributed by atoms with Crippen LogP contribution in [-0.2, 0) is 24.3 Å². The maximum Gasteiger partial charge on any atom is 0.226 e. The third-order valence-corrected chi connectivity index (χ3v) is 5.75. The summed E-state index contributed by atoms with van der Waals surface area (Å²) in [6.45, 7) is 4.30. The Balaban J connectivity index is 0.00000280. The fourth-order valence-corrected chi connectivity index (χ4v) is 3.83. The van der Waals surface area contributed by atoms with Gasteiger partial charge in [0, 0.05) is 43.3 Å². The van der Waals surface area contributed by atoms with Crippen molar-refractivity contribution in [1.82, 2.24) is 15.6 Å². The lowest BCUT2D eigenvalue weighted by molar-refractivity contribution is -0.119. The van der Waals surface area contributed by atoms with Gasteiger partial charge in [-0.15, -0.1) is 35.3 Å². The van der Waals surface area contributed by atoms with Crippen molar-refractivity contribution < 1.29 is 4.79 Å². The third-order valence-electron chi connectivity index (χ3n) is 4.61. The number of benzene rings is 1. The fourth-order valence-electron chi connectivity index (χ4n) is 3.03. The molecule has 2 N–H and O–H groups in total. The zero-order chi connectivity index (χ0) is 19.1. The monoisotopic (exact) mass is 513 g/mol. The van der Waals surface area contributed by atoms with Crippen molar-refractivity contribution in [3.63, 3.8) is 0 Å². The number of amides is 1. The van der Waals surface area contributed by atoms with Crippen LogP contribution in [0.5, 0.6) is 0 Å². The van der Waals surface area contributed by atoms with Crippen LogP contribution in [0, 0.1) is 0 Å². The van der Waals surface area contributed by atoms with Crippen molar-refractivity contribution in [3.05, 3.63) is 45.9 Å². The molecule has 0 radical (unpaired) electrons. The van der Waals surface area contributed by atoms with Gasteiger partial charge in [-0.3, -0.25) is 9.79 Å². The number of aliphatic imine (C=N–C) groups is 1. The summed E-state index contributed by atoms with van der Waals surface area (Å²) in [6.07, 6.45) is 5.69. The molecule has 0 spiro atoms. The van der Waals surface area contributed by atoms with Gasteiger partial charge in [-0.05, 0) is 37.0 Å². The Morgan fingerprint density at radius 1 is 1.21 bits per heavy atom. The number of guanidine groups is 1. The zero-order valence-electron chi connectivity index (χ0n) is 16.4. The van der Waals surface area contributed by atoms with Crippen LogP contribution in [0.15, 0.2) is 35.5 Å². The first-order valence-electron chi connectivity index (χ1n) is 9.47. The van der Waals surface area contributed by atoms with Crippen LogP contribution >= 0.6 is 35.3 Å². The summed E-state index contributed by atoms with van der Waals surface area (Å²) >= 11 is 1.73. The van der Waals surface area contributed by atoms with Gasteiger partial charge in [0.1, 0.15) is 5.01 Å². The smallest absolute Gasteiger partial charge is 0.226 e. The van der Waals surface area contributed by atoms with Crippen molar-refractivity contribution in [2.24, 2.45) is 4.99 Å². The molecular formula is C20H28IN5OS. The Hall–Kier alpha value is -1.68. The van der Waals surface area contributed by atoms with Crippen LogP contribution in [0.4, 0.5) is 5.69 Å². The molecule has 1 aromatic heterocycles. The summed E-state index contributed by atoms with van der Waals surface area (Å²) in [5.74, 6) is 0.976. The molecule has 152 valence electrons. The number of rotatable bonds is 6. The minimum absolute atomic E-state index is 0. The Kier molecular flexibility index (Phi) is 9.17. The molecule has 3 rings (SSSR count). The fraction of sp³-hybridized carbons (Fsp3) is 0.450. The number of thiazole rings is 1. The maximum atomic E-state index is 12.0. The standard InChI is InChI=1S/C20H27N5OS.HI/c1-3-17-13-22-18(27-17)14-24-20(21-2)23-12-15-7-9-16(10-8-15)25-11-5-4-6-19(25)26;/h7-10,13H,3-6,11-12,14H2,1-2H3,(H2,21,23,24);1H. The second kappa shape index (κ2) is 11.4. The SMILES string of the molecule is CCc1cnc(CNC(=NC)NCc2ccc(N3CCCCC3=O)cc2)s1.I. The number of anilines is 1. The predicted molar refractivity (Wildman–Crippen MR) is 127 cm³/mol. The largest absolute Gasteiger partial charge is 0.352 e. The summed E-state index contributed by atoms with van der Waals surface area (Å²) < 4.78 is 0. The molecule has 1 aliphatic heterocycles. The Morgan fingerprint density at radius 2 is 1.96 bits per heavy atom. The highest BCUT2D eigenvalue weighted by atomic mass is 127.